The molecule has 0 amide bonds. The maximum atomic E-state index is 6.57. The average molecular weight is 571 g/mol. The van der Waals surface area contributed by atoms with Crippen molar-refractivity contribution in [1.29, 1.82) is 0 Å². The first kappa shape index (κ1) is 24.4. The molecule has 1 unspecified atom stereocenters. The fourth-order valence-corrected chi connectivity index (χ4v) is 7.79. The number of para-hydroxylation sites is 1. The van der Waals surface area contributed by atoms with Crippen molar-refractivity contribution in [3.05, 3.63) is 151 Å². The van der Waals surface area contributed by atoms with Crippen molar-refractivity contribution in [2.75, 3.05) is 10.2 Å². The van der Waals surface area contributed by atoms with Crippen LogP contribution in [0.25, 0.3) is 43.5 Å². The van der Waals surface area contributed by atoms with Crippen molar-refractivity contribution in [3.63, 3.8) is 0 Å². The lowest BCUT2D eigenvalue weighted by molar-refractivity contribution is 0.668. The van der Waals surface area contributed by atoms with E-state index in [1.807, 2.05) is 11.8 Å². The molecule has 0 bridgehead atoms. The second-order valence-electron chi connectivity index (χ2n) is 11.0. The topological polar surface area (TPSA) is 28.4 Å². The summed E-state index contributed by atoms with van der Waals surface area (Å²) in [5.74, 6) is 0. The number of hydrogen-bond acceptors (Lipinski definition) is 4. The maximum Gasteiger partial charge on any atom is 0.137 e. The molecule has 4 heteroatoms. The number of thioether (sulfide) groups is 1. The first-order valence-electron chi connectivity index (χ1n) is 14.5. The van der Waals surface area contributed by atoms with E-state index < -0.39 is 0 Å². The van der Waals surface area contributed by atoms with Crippen molar-refractivity contribution >= 4 is 78.0 Å². The van der Waals surface area contributed by atoms with Gasteiger partial charge in [0.15, 0.2) is 0 Å². The van der Waals surface area contributed by atoms with Crippen molar-refractivity contribution in [2.45, 2.75) is 10.3 Å². The third-order valence-corrected chi connectivity index (χ3v) is 9.74. The number of rotatable bonds is 4. The predicted molar refractivity (Wildman–Crippen MR) is 182 cm³/mol. The third-order valence-electron chi connectivity index (χ3n) is 8.46. The zero-order chi connectivity index (χ0) is 28.3. The van der Waals surface area contributed by atoms with E-state index in [2.05, 4.69) is 156 Å². The Morgan fingerprint density at radius 3 is 2.12 bits per heavy atom. The summed E-state index contributed by atoms with van der Waals surface area (Å²) in [7, 11) is 0. The number of fused-ring (bicyclic) bond motifs is 8. The van der Waals surface area contributed by atoms with E-state index in [1.165, 1.54) is 37.4 Å². The summed E-state index contributed by atoms with van der Waals surface area (Å²) >= 11 is 1.86. The fourth-order valence-electron chi connectivity index (χ4n) is 6.49. The number of nitrogens with zero attached hydrogens (tertiary/aromatic N) is 1. The van der Waals surface area contributed by atoms with Gasteiger partial charge in [0.2, 0.25) is 0 Å². The average Bonchev–Trinajstić information content (AvgIpc) is 3.67. The molecule has 0 saturated carbocycles. The SMILES string of the molecule is c1ccc(C2Nc3ccc4oc5cc(N(c6ccccc6)c6cc7ccccc7c7ccccc67)ccc5c4c3S2)cc1. The lowest BCUT2D eigenvalue weighted by Gasteiger charge is -2.27. The van der Waals surface area contributed by atoms with Crippen LogP contribution in [-0.4, -0.2) is 0 Å². The number of furan rings is 1. The van der Waals surface area contributed by atoms with Gasteiger partial charge in [-0.2, -0.15) is 0 Å². The highest BCUT2D eigenvalue weighted by molar-refractivity contribution is 8.00. The van der Waals surface area contributed by atoms with Gasteiger partial charge < -0.3 is 14.6 Å². The summed E-state index contributed by atoms with van der Waals surface area (Å²) in [6.07, 6.45) is 0. The molecule has 0 radical (unpaired) electrons. The van der Waals surface area contributed by atoms with Gasteiger partial charge in [0.05, 0.1) is 5.69 Å². The smallest absolute Gasteiger partial charge is 0.137 e. The highest BCUT2D eigenvalue weighted by Gasteiger charge is 2.27. The van der Waals surface area contributed by atoms with Crippen LogP contribution in [0.1, 0.15) is 10.9 Å². The highest BCUT2D eigenvalue weighted by atomic mass is 32.2. The molecule has 1 atom stereocenters. The predicted octanol–water partition coefficient (Wildman–Crippen LogP) is 11.6. The number of hydrogen-bond donors (Lipinski definition) is 1. The van der Waals surface area contributed by atoms with Gasteiger partial charge in [-0.25, -0.2) is 0 Å². The molecule has 1 aliphatic rings. The number of nitrogens with one attached hydrogen (secondary N) is 1. The molecular formula is C39H26N2OS. The Morgan fingerprint density at radius 2 is 1.28 bits per heavy atom. The number of anilines is 4. The Balaban J connectivity index is 1.23. The molecule has 0 aliphatic carbocycles. The molecule has 43 heavy (non-hydrogen) atoms. The molecule has 7 aromatic carbocycles. The molecule has 1 aliphatic heterocycles. The van der Waals surface area contributed by atoms with Crippen LogP contribution in [0.2, 0.25) is 0 Å². The van der Waals surface area contributed by atoms with E-state index in [0.29, 0.717) is 0 Å². The molecule has 2 heterocycles. The molecular weight excluding hydrogens is 545 g/mol. The van der Waals surface area contributed by atoms with E-state index in [4.69, 9.17) is 4.42 Å². The molecule has 1 N–H and O–H groups in total. The first-order chi connectivity index (χ1) is 21.3. The molecule has 1 aromatic heterocycles. The zero-order valence-corrected chi connectivity index (χ0v) is 24.0. The summed E-state index contributed by atoms with van der Waals surface area (Å²) in [4.78, 5) is 3.60. The van der Waals surface area contributed by atoms with Gasteiger partial charge in [-0.3, -0.25) is 0 Å². The van der Waals surface area contributed by atoms with Gasteiger partial charge in [-0.05, 0) is 64.2 Å². The molecule has 0 fully saturated rings. The van der Waals surface area contributed by atoms with Crippen LogP contribution < -0.4 is 10.2 Å². The van der Waals surface area contributed by atoms with Crippen molar-refractivity contribution < 1.29 is 4.42 Å². The lowest BCUT2D eigenvalue weighted by Crippen LogP contribution is -2.10. The van der Waals surface area contributed by atoms with Crippen LogP contribution in [0.5, 0.6) is 0 Å². The highest BCUT2D eigenvalue weighted by Crippen LogP contribution is 2.52. The Hall–Kier alpha value is -5.19. The second kappa shape index (κ2) is 9.69. The lowest BCUT2D eigenvalue weighted by atomic mass is 9.99. The molecule has 3 nitrogen and oxygen atoms in total. The number of benzene rings is 7. The fraction of sp³-hybridized carbons (Fsp3) is 0.0256. The van der Waals surface area contributed by atoms with E-state index in [9.17, 15) is 0 Å². The maximum absolute atomic E-state index is 6.57. The van der Waals surface area contributed by atoms with E-state index in [1.54, 1.807) is 0 Å². The Morgan fingerprint density at radius 1 is 0.558 bits per heavy atom. The molecule has 0 saturated heterocycles. The normalized spacial score (nSPS) is 14.4. The minimum Gasteiger partial charge on any atom is -0.456 e. The standard InChI is InChI=1S/C39H26N2OS/c1-3-11-25(12-4-1)39-40-33-21-22-35-37(38(33)43-39)32-20-19-28(24-36(32)42-35)41(27-14-5-2-6-15-27)34-23-26-13-7-8-16-29(26)30-17-9-10-18-31(30)34/h1-24,39-40H. The van der Waals surface area contributed by atoms with Crippen LogP contribution in [-0.2, 0) is 0 Å². The Labute approximate surface area is 253 Å². The second-order valence-corrected chi connectivity index (χ2v) is 12.1. The first-order valence-corrected chi connectivity index (χ1v) is 15.4. The van der Waals surface area contributed by atoms with Gasteiger partial charge in [0.25, 0.3) is 0 Å². The largest absolute Gasteiger partial charge is 0.456 e. The zero-order valence-electron chi connectivity index (χ0n) is 23.2. The summed E-state index contributed by atoms with van der Waals surface area (Å²) in [6.45, 7) is 0. The molecule has 8 aromatic rings. The summed E-state index contributed by atoms with van der Waals surface area (Å²) < 4.78 is 6.57. The van der Waals surface area contributed by atoms with Gasteiger partial charge >= 0.3 is 0 Å². The van der Waals surface area contributed by atoms with Gasteiger partial charge in [0.1, 0.15) is 16.5 Å². The van der Waals surface area contributed by atoms with Crippen molar-refractivity contribution in [3.8, 4) is 0 Å². The quantitative estimate of drug-likeness (QED) is 0.213. The van der Waals surface area contributed by atoms with Crippen LogP contribution >= 0.6 is 11.8 Å². The van der Waals surface area contributed by atoms with Crippen molar-refractivity contribution in [1.82, 2.24) is 0 Å². The van der Waals surface area contributed by atoms with Gasteiger partial charge in [0, 0.05) is 44.2 Å². The van der Waals surface area contributed by atoms with Crippen LogP contribution in [0.15, 0.2) is 155 Å². The van der Waals surface area contributed by atoms with Gasteiger partial charge in [-0.1, -0.05) is 109 Å². The molecule has 9 rings (SSSR count). The third kappa shape index (κ3) is 3.91. The Kier molecular flexibility index (Phi) is 5.50. The summed E-state index contributed by atoms with van der Waals surface area (Å²) in [5, 5.41) is 11.1. The molecule has 204 valence electrons. The summed E-state index contributed by atoms with van der Waals surface area (Å²) in [6, 6.07) is 51.8. The van der Waals surface area contributed by atoms with E-state index in [-0.39, 0.29) is 5.37 Å². The summed E-state index contributed by atoms with van der Waals surface area (Å²) in [5.41, 5.74) is 7.53. The van der Waals surface area contributed by atoms with E-state index in [0.717, 1.165) is 39.3 Å². The van der Waals surface area contributed by atoms with Crippen LogP contribution in [0.3, 0.4) is 0 Å². The molecule has 0 spiro atoms. The minimum atomic E-state index is 0.181. The monoisotopic (exact) mass is 570 g/mol. The minimum absolute atomic E-state index is 0.181. The van der Waals surface area contributed by atoms with Crippen molar-refractivity contribution in [2.24, 2.45) is 0 Å². The van der Waals surface area contributed by atoms with Gasteiger partial charge in [-0.15, -0.1) is 0 Å². The van der Waals surface area contributed by atoms with Crippen LogP contribution in [0.4, 0.5) is 22.7 Å². The van der Waals surface area contributed by atoms with Crippen LogP contribution in [0, 0.1) is 0 Å². The Bertz CT molecular complexity index is 2310. The van der Waals surface area contributed by atoms with E-state index >= 15 is 0 Å².